The molecule has 0 aliphatic carbocycles. The fourth-order valence-electron chi connectivity index (χ4n) is 1.29. The molecule has 0 aliphatic heterocycles. The maximum absolute atomic E-state index is 13.2. The van der Waals surface area contributed by atoms with Crippen molar-refractivity contribution < 1.29 is 24.2 Å². The highest BCUT2D eigenvalue weighted by Gasteiger charge is 2.14. The molecule has 5 nitrogen and oxygen atoms in total. The van der Waals surface area contributed by atoms with Gasteiger partial charge in [-0.2, -0.15) is 0 Å². The van der Waals surface area contributed by atoms with Gasteiger partial charge in [0, 0.05) is 12.5 Å². The first kappa shape index (κ1) is 14.0. The van der Waals surface area contributed by atoms with E-state index in [0.717, 1.165) is 18.2 Å². The molecule has 1 rings (SSSR count). The van der Waals surface area contributed by atoms with Crippen LogP contribution in [0.4, 0.5) is 10.1 Å². The summed E-state index contributed by atoms with van der Waals surface area (Å²) in [6.45, 7) is 1.49. The second-order valence-electron chi connectivity index (χ2n) is 3.99. The number of carbonyl (C=O) groups is 2. The zero-order valence-electron chi connectivity index (χ0n) is 9.81. The van der Waals surface area contributed by atoms with Crippen molar-refractivity contribution in [2.24, 2.45) is 5.92 Å². The Morgan fingerprint density at radius 1 is 1.44 bits per heavy atom. The van der Waals surface area contributed by atoms with Crippen LogP contribution in [0.25, 0.3) is 0 Å². The summed E-state index contributed by atoms with van der Waals surface area (Å²) in [6.07, 6.45) is 0.143. The van der Waals surface area contributed by atoms with E-state index in [4.69, 9.17) is 10.2 Å². The number of hydrogen-bond donors (Lipinski definition) is 3. The molecule has 0 saturated carbocycles. The number of hydrogen-bond acceptors (Lipinski definition) is 3. The van der Waals surface area contributed by atoms with E-state index in [-0.39, 0.29) is 24.3 Å². The van der Waals surface area contributed by atoms with Gasteiger partial charge in [0.05, 0.1) is 11.6 Å². The lowest BCUT2D eigenvalue weighted by atomic mass is 10.1. The SMILES string of the molecule is C[C@@H](CCC(=O)Nc1cc(O)ccc1F)C(=O)O. The van der Waals surface area contributed by atoms with E-state index in [1.54, 1.807) is 0 Å². The normalized spacial score (nSPS) is 11.9. The molecular weight excluding hydrogens is 241 g/mol. The summed E-state index contributed by atoms with van der Waals surface area (Å²) in [6, 6.07) is 3.29. The third-order valence-electron chi connectivity index (χ3n) is 2.45. The highest BCUT2D eigenvalue weighted by molar-refractivity contribution is 5.91. The van der Waals surface area contributed by atoms with Crippen molar-refractivity contribution in [1.29, 1.82) is 0 Å². The van der Waals surface area contributed by atoms with E-state index in [1.807, 2.05) is 0 Å². The minimum atomic E-state index is -0.980. The van der Waals surface area contributed by atoms with E-state index in [0.29, 0.717) is 0 Å². The third-order valence-corrected chi connectivity index (χ3v) is 2.45. The van der Waals surface area contributed by atoms with Crippen molar-refractivity contribution in [2.45, 2.75) is 19.8 Å². The average molecular weight is 255 g/mol. The van der Waals surface area contributed by atoms with Crippen molar-refractivity contribution in [3.05, 3.63) is 24.0 Å². The topological polar surface area (TPSA) is 86.6 Å². The molecule has 0 radical (unpaired) electrons. The molecule has 1 aromatic carbocycles. The fourth-order valence-corrected chi connectivity index (χ4v) is 1.29. The molecule has 1 aromatic rings. The Morgan fingerprint density at radius 2 is 2.11 bits per heavy atom. The van der Waals surface area contributed by atoms with Crippen molar-refractivity contribution >= 4 is 17.6 Å². The largest absolute Gasteiger partial charge is 0.508 e. The summed E-state index contributed by atoms with van der Waals surface area (Å²) in [4.78, 5) is 22.0. The number of aliphatic carboxylic acids is 1. The zero-order valence-corrected chi connectivity index (χ0v) is 9.81. The zero-order chi connectivity index (χ0) is 13.7. The fraction of sp³-hybridized carbons (Fsp3) is 0.333. The van der Waals surface area contributed by atoms with Gasteiger partial charge in [-0.15, -0.1) is 0 Å². The van der Waals surface area contributed by atoms with Gasteiger partial charge >= 0.3 is 5.97 Å². The lowest BCUT2D eigenvalue weighted by molar-refractivity contribution is -0.141. The van der Waals surface area contributed by atoms with Crippen LogP contribution in [0.5, 0.6) is 5.75 Å². The summed E-state index contributed by atoms with van der Waals surface area (Å²) in [5, 5.41) is 20.1. The summed E-state index contributed by atoms with van der Waals surface area (Å²) in [5.41, 5.74) is -0.122. The quantitative estimate of drug-likeness (QED) is 0.750. The van der Waals surface area contributed by atoms with Gasteiger partial charge in [0.1, 0.15) is 11.6 Å². The van der Waals surface area contributed by atoms with Gasteiger partial charge in [-0.25, -0.2) is 4.39 Å². The Balaban J connectivity index is 2.54. The van der Waals surface area contributed by atoms with Crippen LogP contribution >= 0.6 is 0 Å². The number of nitrogens with one attached hydrogen (secondary N) is 1. The van der Waals surface area contributed by atoms with E-state index < -0.39 is 23.6 Å². The lowest BCUT2D eigenvalue weighted by Crippen LogP contribution is -2.16. The number of rotatable bonds is 5. The molecule has 0 bridgehead atoms. The molecule has 0 heterocycles. The van der Waals surface area contributed by atoms with Crippen LogP contribution in [0.15, 0.2) is 18.2 Å². The van der Waals surface area contributed by atoms with E-state index in [1.165, 1.54) is 6.92 Å². The van der Waals surface area contributed by atoms with Crippen molar-refractivity contribution in [1.82, 2.24) is 0 Å². The van der Waals surface area contributed by atoms with Gasteiger partial charge in [0.25, 0.3) is 0 Å². The molecule has 0 unspecified atom stereocenters. The first-order valence-corrected chi connectivity index (χ1v) is 5.41. The summed E-state index contributed by atoms with van der Waals surface area (Å²) in [7, 11) is 0. The van der Waals surface area contributed by atoms with Gasteiger partial charge in [-0.1, -0.05) is 6.92 Å². The highest BCUT2D eigenvalue weighted by Crippen LogP contribution is 2.20. The lowest BCUT2D eigenvalue weighted by Gasteiger charge is -2.08. The number of halogens is 1. The standard InChI is InChI=1S/C12H14FNO4/c1-7(12(17)18)2-5-11(16)14-10-6-8(15)3-4-9(10)13/h3-4,6-7,15H,2,5H2,1H3,(H,14,16)(H,17,18)/t7-/m0/s1. The summed E-state index contributed by atoms with van der Waals surface area (Å²) >= 11 is 0. The third kappa shape index (κ3) is 4.04. The Bertz CT molecular complexity index is 461. The van der Waals surface area contributed by atoms with Gasteiger partial charge in [0.2, 0.25) is 5.91 Å². The monoisotopic (exact) mass is 255 g/mol. The van der Waals surface area contributed by atoms with Crippen LogP contribution in [0.1, 0.15) is 19.8 Å². The molecule has 1 atom stereocenters. The number of anilines is 1. The van der Waals surface area contributed by atoms with Crippen molar-refractivity contribution in [3.8, 4) is 5.75 Å². The Kier molecular flexibility index (Phi) is 4.65. The molecular formula is C12H14FNO4. The van der Waals surface area contributed by atoms with Crippen LogP contribution < -0.4 is 5.32 Å². The van der Waals surface area contributed by atoms with Gasteiger partial charge in [-0.3, -0.25) is 9.59 Å². The molecule has 0 fully saturated rings. The van der Waals surface area contributed by atoms with Gasteiger partial charge in [0.15, 0.2) is 0 Å². The Labute approximate surface area is 103 Å². The molecule has 1 amide bonds. The molecule has 6 heteroatoms. The number of carboxylic acid groups (broad SMARTS) is 1. The van der Waals surface area contributed by atoms with Crippen molar-refractivity contribution in [3.63, 3.8) is 0 Å². The molecule has 0 aromatic heterocycles. The highest BCUT2D eigenvalue weighted by atomic mass is 19.1. The maximum atomic E-state index is 13.2. The number of aromatic hydroxyl groups is 1. The Morgan fingerprint density at radius 3 is 2.72 bits per heavy atom. The number of phenolic OH excluding ortho intramolecular Hbond substituents is 1. The van der Waals surface area contributed by atoms with Crippen LogP contribution in [-0.4, -0.2) is 22.1 Å². The van der Waals surface area contributed by atoms with Crippen LogP contribution in [0.2, 0.25) is 0 Å². The van der Waals surface area contributed by atoms with Gasteiger partial charge in [-0.05, 0) is 18.6 Å². The Hall–Kier alpha value is -2.11. The van der Waals surface area contributed by atoms with E-state index in [2.05, 4.69) is 5.32 Å². The predicted octanol–water partition coefficient (Wildman–Crippen LogP) is 1.97. The molecule has 0 spiro atoms. The second kappa shape index (κ2) is 6.00. The van der Waals surface area contributed by atoms with Crippen LogP contribution in [0, 0.1) is 11.7 Å². The van der Waals surface area contributed by atoms with Crippen LogP contribution in [-0.2, 0) is 9.59 Å². The number of amides is 1. The van der Waals surface area contributed by atoms with E-state index >= 15 is 0 Å². The smallest absolute Gasteiger partial charge is 0.306 e. The predicted molar refractivity (Wildman–Crippen MR) is 62.7 cm³/mol. The second-order valence-corrected chi connectivity index (χ2v) is 3.99. The minimum Gasteiger partial charge on any atom is -0.508 e. The minimum absolute atomic E-state index is 0.0252. The van der Waals surface area contributed by atoms with Gasteiger partial charge < -0.3 is 15.5 Å². The first-order chi connectivity index (χ1) is 8.40. The van der Waals surface area contributed by atoms with E-state index in [9.17, 15) is 14.0 Å². The van der Waals surface area contributed by atoms with Crippen LogP contribution in [0.3, 0.4) is 0 Å². The molecule has 0 saturated heterocycles. The number of carboxylic acids is 1. The summed E-state index contributed by atoms with van der Waals surface area (Å²) < 4.78 is 13.2. The first-order valence-electron chi connectivity index (χ1n) is 5.41. The molecule has 98 valence electrons. The molecule has 0 aliphatic rings. The maximum Gasteiger partial charge on any atom is 0.306 e. The molecule has 18 heavy (non-hydrogen) atoms. The number of benzene rings is 1. The number of carbonyl (C=O) groups excluding carboxylic acids is 1. The summed E-state index contributed by atoms with van der Waals surface area (Å²) in [5.74, 6) is -2.93. The average Bonchev–Trinajstić information content (AvgIpc) is 2.30. The van der Waals surface area contributed by atoms with Crippen molar-refractivity contribution in [2.75, 3.05) is 5.32 Å². The molecule has 3 N–H and O–H groups in total. The number of phenols is 1.